The largest absolute Gasteiger partial charge is 0.449 e. The second-order valence-electron chi connectivity index (χ2n) is 4.12. The fourth-order valence-corrected chi connectivity index (χ4v) is 2.09. The quantitative estimate of drug-likeness (QED) is 0.664. The van der Waals surface area contributed by atoms with E-state index >= 15 is 0 Å². The number of rotatable bonds is 2. The van der Waals surface area contributed by atoms with Gasteiger partial charge in [-0.2, -0.15) is 0 Å². The molecule has 1 aliphatic heterocycles. The van der Waals surface area contributed by atoms with E-state index in [1.54, 1.807) is 14.1 Å². The van der Waals surface area contributed by atoms with E-state index in [1.807, 2.05) is 0 Å². The van der Waals surface area contributed by atoms with Crippen LogP contribution in [0.4, 0.5) is 4.79 Å². The molecule has 0 aromatic carbocycles. The van der Waals surface area contributed by atoms with Crippen molar-refractivity contribution in [2.45, 2.75) is 0 Å². The summed E-state index contributed by atoms with van der Waals surface area (Å²) in [5, 5.41) is 3.31. The van der Waals surface area contributed by atoms with Crippen molar-refractivity contribution in [3.05, 3.63) is 0 Å². The first-order chi connectivity index (χ1) is 6.20. The fraction of sp³-hybridized carbons (Fsp3) is 0.889. The van der Waals surface area contributed by atoms with Crippen molar-refractivity contribution in [2.75, 3.05) is 33.8 Å². The van der Waals surface area contributed by atoms with Gasteiger partial charge in [-0.15, -0.1) is 0 Å². The summed E-state index contributed by atoms with van der Waals surface area (Å²) in [6, 6.07) is 0. The second kappa shape index (κ2) is 3.18. The number of carbonyl (C=O) groups excluding carboxylic acids is 1. The molecule has 0 aromatic rings. The van der Waals surface area contributed by atoms with Crippen molar-refractivity contribution in [3.8, 4) is 0 Å². The molecule has 1 aliphatic carbocycles. The summed E-state index contributed by atoms with van der Waals surface area (Å²) >= 11 is 0. The van der Waals surface area contributed by atoms with Crippen LogP contribution in [0.3, 0.4) is 0 Å². The van der Waals surface area contributed by atoms with Gasteiger partial charge in [-0.3, -0.25) is 0 Å². The summed E-state index contributed by atoms with van der Waals surface area (Å²) < 4.78 is 5.12. The average molecular weight is 184 g/mol. The van der Waals surface area contributed by atoms with Crippen molar-refractivity contribution in [2.24, 2.45) is 17.8 Å². The van der Waals surface area contributed by atoms with E-state index in [1.165, 1.54) is 4.90 Å². The van der Waals surface area contributed by atoms with Crippen LogP contribution < -0.4 is 5.32 Å². The van der Waals surface area contributed by atoms with Gasteiger partial charge < -0.3 is 15.0 Å². The van der Waals surface area contributed by atoms with Crippen LogP contribution in [-0.4, -0.2) is 44.8 Å². The summed E-state index contributed by atoms with van der Waals surface area (Å²) in [6.45, 7) is 2.82. The molecule has 4 heteroatoms. The van der Waals surface area contributed by atoms with Crippen LogP contribution in [0.15, 0.2) is 0 Å². The number of ether oxygens (including phenoxy) is 1. The number of nitrogens with zero attached hydrogens (tertiary/aromatic N) is 1. The highest BCUT2D eigenvalue weighted by molar-refractivity contribution is 5.66. The lowest BCUT2D eigenvalue weighted by atomic mass is 10.3. The Morgan fingerprint density at radius 1 is 1.46 bits per heavy atom. The molecule has 1 amide bonds. The molecule has 1 heterocycles. The lowest BCUT2D eigenvalue weighted by molar-refractivity contribution is 0.110. The summed E-state index contributed by atoms with van der Waals surface area (Å²) in [4.78, 5) is 12.6. The maximum atomic E-state index is 11.1. The van der Waals surface area contributed by atoms with E-state index in [4.69, 9.17) is 4.74 Å². The van der Waals surface area contributed by atoms with E-state index in [9.17, 15) is 4.79 Å². The molecule has 4 nitrogen and oxygen atoms in total. The average Bonchev–Trinajstić information content (AvgIpc) is 2.57. The Bertz CT molecular complexity index is 208. The molecule has 2 aliphatic rings. The van der Waals surface area contributed by atoms with Crippen molar-refractivity contribution in [1.29, 1.82) is 0 Å². The zero-order valence-corrected chi connectivity index (χ0v) is 8.12. The lowest BCUT2D eigenvalue weighted by Gasteiger charge is -2.11. The fourth-order valence-electron chi connectivity index (χ4n) is 2.09. The molecule has 2 fully saturated rings. The first-order valence-electron chi connectivity index (χ1n) is 4.75. The molecular weight excluding hydrogens is 168 g/mol. The molecule has 1 saturated heterocycles. The van der Waals surface area contributed by atoms with Crippen LogP contribution in [0.25, 0.3) is 0 Å². The molecule has 2 rings (SSSR count). The van der Waals surface area contributed by atoms with E-state index in [0.29, 0.717) is 12.5 Å². The molecule has 74 valence electrons. The Morgan fingerprint density at radius 3 is 2.62 bits per heavy atom. The number of hydrogen-bond donors (Lipinski definition) is 1. The van der Waals surface area contributed by atoms with Crippen LogP contribution in [0.5, 0.6) is 0 Å². The van der Waals surface area contributed by atoms with Gasteiger partial charge in [0.15, 0.2) is 0 Å². The summed E-state index contributed by atoms with van der Waals surface area (Å²) in [5.41, 5.74) is 0. The van der Waals surface area contributed by atoms with Crippen molar-refractivity contribution >= 4 is 6.09 Å². The highest BCUT2D eigenvalue weighted by Gasteiger charge is 2.53. The summed E-state index contributed by atoms with van der Waals surface area (Å²) in [7, 11) is 3.41. The van der Waals surface area contributed by atoms with E-state index < -0.39 is 0 Å². The van der Waals surface area contributed by atoms with Gasteiger partial charge in [0, 0.05) is 20.0 Å². The van der Waals surface area contributed by atoms with E-state index in [0.717, 1.165) is 24.9 Å². The number of hydrogen-bond acceptors (Lipinski definition) is 3. The maximum Gasteiger partial charge on any atom is 0.409 e. The molecule has 1 saturated carbocycles. The van der Waals surface area contributed by atoms with Crippen molar-refractivity contribution in [1.82, 2.24) is 10.2 Å². The van der Waals surface area contributed by atoms with Gasteiger partial charge >= 0.3 is 6.09 Å². The topological polar surface area (TPSA) is 41.6 Å². The molecule has 0 bridgehead atoms. The number of fused-ring (bicyclic) bond motifs is 1. The lowest BCUT2D eigenvalue weighted by Crippen LogP contribution is -2.25. The van der Waals surface area contributed by atoms with Crippen LogP contribution in [0.2, 0.25) is 0 Å². The number of piperidine rings is 1. The summed E-state index contributed by atoms with van der Waals surface area (Å²) in [5.74, 6) is 2.18. The third kappa shape index (κ3) is 1.63. The van der Waals surface area contributed by atoms with Gasteiger partial charge in [0.25, 0.3) is 0 Å². The molecule has 2 atom stereocenters. The maximum absolute atomic E-state index is 11.1. The van der Waals surface area contributed by atoms with Gasteiger partial charge in [0.2, 0.25) is 0 Å². The molecule has 0 aromatic heterocycles. The van der Waals surface area contributed by atoms with Crippen LogP contribution in [0.1, 0.15) is 0 Å². The van der Waals surface area contributed by atoms with Gasteiger partial charge in [-0.05, 0) is 24.9 Å². The Morgan fingerprint density at radius 2 is 2.08 bits per heavy atom. The monoisotopic (exact) mass is 184 g/mol. The normalized spacial score (nSPS) is 35.4. The first kappa shape index (κ1) is 8.81. The molecule has 0 spiro atoms. The zero-order chi connectivity index (χ0) is 9.42. The van der Waals surface area contributed by atoms with Crippen molar-refractivity contribution < 1.29 is 9.53 Å². The van der Waals surface area contributed by atoms with Crippen LogP contribution >= 0.6 is 0 Å². The molecule has 1 N–H and O–H groups in total. The number of nitrogens with one attached hydrogen (secondary N) is 1. The van der Waals surface area contributed by atoms with Crippen LogP contribution in [-0.2, 0) is 4.74 Å². The minimum Gasteiger partial charge on any atom is -0.449 e. The molecular formula is C9H16N2O2. The summed E-state index contributed by atoms with van der Waals surface area (Å²) in [6.07, 6.45) is -0.224. The Labute approximate surface area is 78.2 Å². The Hall–Kier alpha value is -0.770. The third-order valence-corrected chi connectivity index (χ3v) is 3.03. The number of amides is 1. The SMILES string of the molecule is CN(C)C(=O)OCC1C2CNCC21. The highest BCUT2D eigenvalue weighted by Crippen LogP contribution is 2.48. The van der Waals surface area contributed by atoms with Gasteiger partial charge in [-0.25, -0.2) is 4.79 Å². The highest BCUT2D eigenvalue weighted by atomic mass is 16.6. The third-order valence-electron chi connectivity index (χ3n) is 3.03. The Balaban J connectivity index is 1.67. The van der Waals surface area contributed by atoms with Crippen molar-refractivity contribution in [3.63, 3.8) is 0 Å². The smallest absolute Gasteiger partial charge is 0.409 e. The minimum atomic E-state index is -0.224. The predicted molar refractivity (Wildman–Crippen MR) is 48.4 cm³/mol. The van der Waals surface area contributed by atoms with Crippen LogP contribution in [0, 0.1) is 17.8 Å². The zero-order valence-electron chi connectivity index (χ0n) is 8.12. The van der Waals surface area contributed by atoms with Gasteiger partial charge in [-0.1, -0.05) is 0 Å². The number of carbonyl (C=O) groups is 1. The minimum absolute atomic E-state index is 0.224. The standard InChI is InChI=1S/C9H16N2O2/c1-11(2)9(12)13-5-8-6-3-10-4-7(6)8/h6-8,10H,3-5H2,1-2H3. The molecule has 0 radical (unpaired) electrons. The molecule has 2 unspecified atom stereocenters. The first-order valence-corrected chi connectivity index (χ1v) is 4.75. The second-order valence-corrected chi connectivity index (χ2v) is 4.12. The predicted octanol–water partition coefficient (Wildman–Crippen LogP) is 0.150. The van der Waals surface area contributed by atoms with Gasteiger partial charge in [0.1, 0.15) is 0 Å². The Kier molecular flexibility index (Phi) is 2.15. The van der Waals surface area contributed by atoms with E-state index in [-0.39, 0.29) is 6.09 Å². The van der Waals surface area contributed by atoms with E-state index in [2.05, 4.69) is 5.32 Å². The molecule has 13 heavy (non-hydrogen) atoms. The van der Waals surface area contributed by atoms with Gasteiger partial charge in [0.05, 0.1) is 6.61 Å².